The first-order chi connectivity index (χ1) is 15.0. The van der Waals surface area contributed by atoms with Crippen LogP contribution < -0.4 is 21.3 Å². The second kappa shape index (κ2) is 9.12. The van der Waals surface area contributed by atoms with Crippen molar-refractivity contribution in [1.29, 1.82) is 0 Å². The molecule has 0 radical (unpaired) electrons. The van der Waals surface area contributed by atoms with Crippen LogP contribution in [0, 0.1) is 0 Å². The topological polar surface area (TPSA) is 82.3 Å². The number of piperidine rings is 2. The lowest BCUT2D eigenvalue weighted by molar-refractivity contribution is 0.0873. The second-order valence-electron chi connectivity index (χ2n) is 12.9. The molecule has 2 fully saturated rings. The van der Waals surface area contributed by atoms with Gasteiger partial charge in [0.05, 0.1) is 6.54 Å². The van der Waals surface area contributed by atoms with Gasteiger partial charge in [-0.15, -0.1) is 0 Å². The number of Topliss-reactive ketones (excluding diaryl/α,β-unsaturated/α-hetero) is 1. The standard InChI is InChI=1S/C27H44N4O2/c1-24(2)13-20(14-25(3,4)30-24)28-17-22(32)18-10-9-11-19(12-18)23(33)29-21-15-26(5,6)31-27(7,8)16-21/h9-12,20-21,28,30-31H,13-17H2,1-8H3,(H,29,33). The quantitative estimate of drug-likeness (QED) is 0.490. The Balaban J connectivity index is 1.61. The first-order valence-electron chi connectivity index (χ1n) is 12.3. The number of benzene rings is 1. The summed E-state index contributed by atoms with van der Waals surface area (Å²) < 4.78 is 0. The molecule has 2 heterocycles. The summed E-state index contributed by atoms with van der Waals surface area (Å²) in [5.41, 5.74) is 1.09. The minimum Gasteiger partial charge on any atom is -0.349 e. The summed E-state index contributed by atoms with van der Waals surface area (Å²) >= 11 is 0. The van der Waals surface area contributed by atoms with Crippen LogP contribution >= 0.6 is 0 Å². The molecule has 0 aromatic heterocycles. The smallest absolute Gasteiger partial charge is 0.251 e. The fourth-order valence-electron chi connectivity index (χ4n) is 6.33. The molecule has 0 spiro atoms. The Morgan fingerprint density at radius 2 is 1.24 bits per heavy atom. The van der Waals surface area contributed by atoms with E-state index in [1.54, 1.807) is 24.3 Å². The molecule has 0 unspecified atom stereocenters. The van der Waals surface area contributed by atoms with Gasteiger partial charge in [-0.3, -0.25) is 9.59 Å². The van der Waals surface area contributed by atoms with Crippen molar-refractivity contribution in [3.63, 3.8) is 0 Å². The van der Waals surface area contributed by atoms with E-state index in [1.807, 2.05) is 0 Å². The van der Waals surface area contributed by atoms with Crippen LogP contribution in [0.25, 0.3) is 0 Å². The summed E-state index contributed by atoms with van der Waals surface area (Å²) in [6.45, 7) is 17.8. The molecule has 184 valence electrons. The Hall–Kier alpha value is -1.76. The molecule has 2 aliphatic rings. The highest BCUT2D eigenvalue weighted by molar-refractivity contribution is 6.01. The van der Waals surface area contributed by atoms with Crippen LogP contribution in [-0.4, -0.2) is 52.5 Å². The van der Waals surface area contributed by atoms with E-state index in [0.717, 1.165) is 25.7 Å². The van der Waals surface area contributed by atoms with Crippen molar-refractivity contribution in [3.05, 3.63) is 35.4 Å². The van der Waals surface area contributed by atoms with E-state index in [0.29, 0.717) is 11.1 Å². The summed E-state index contributed by atoms with van der Waals surface area (Å²) in [7, 11) is 0. The number of hydrogen-bond donors (Lipinski definition) is 4. The number of carbonyl (C=O) groups excluding carboxylic acids is 2. The highest BCUT2D eigenvalue weighted by Gasteiger charge is 2.39. The molecule has 2 aliphatic heterocycles. The summed E-state index contributed by atoms with van der Waals surface area (Å²) in [5.74, 6) is -0.0964. The average molecular weight is 457 g/mol. The van der Waals surface area contributed by atoms with Crippen molar-refractivity contribution in [1.82, 2.24) is 21.3 Å². The Labute approximate surface area is 200 Å². The van der Waals surface area contributed by atoms with Crippen LogP contribution in [-0.2, 0) is 0 Å². The number of rotatable bonds is 6. The van der Waals surface area contributed by atoms with Crippen molar-refractivity contribution in [2.45, 2.75) is 115 Å². The first kappa shape index (κ1) is 25.9. The Kier molecular flexibility index (Phi) is 7.15. The molecule has 6 heteroatoms. The van der Waals surface area contributed by atoms with Crippen LogP contribution in [0.15, 0.2) is 24.3 Å². The van der Waals surface area contributed by atoms with Gasteiger partial charge >= 0.3 is 0 Å². The molecule has 2 saturated heterocycles. The molecule has 6 nitrogen and oxygen atoms in total. The SMILES string of the molecule is CC1(C)CC(NCC(=O)c2cccc(C(=O)NC3CC(C)(C)NC(C)(C)C3)c2)CC(C)(C)N1. The second-order valence-corrected chi connectivity index (χ2v) is 12.9. The Morgan fingerprint density at radius 1 is 0.788 bits per heavy atom. The van der Waals surface area contributed by atoms with Gasteiger partial charge in [0.2, 0.25) is 0 Å². The van der Waals surface area contributed by atoms with Gasteiger partial charge < -0.3 is 21.3 Å². The number of amides is 1. The van der Waals surface area contributed by atoms with E-state index in [4.69, 9.17) is 0 Å². The molecular formula is C27H44N4O2. The van der Waals surface area contributed by atoms with Crippen LogP contribution in [0.2, 0.25) is 0 Å². The van der Waals surface area contributed by atoms with Crippen molar-refractivity contribution >= 4 is 11.7 Å². The molecule has 1 aromatic rings. The van der Waals surface area contributed by atoms with E-state index in [2.05, 4.69) is 76.7 Å². The lowest BCUT2D eigenvalue weighted by Gasteiger charge is -2.46. The molecule has 4 N–H and O–H groups in total. The van der Waals surface area contributed by atoms with E-state index < -0.39 is 0 Å². The van der Waals surface area contributed by atoms with Gasteiger partial charge in [0.25, 0.3) is 5.91 Å². The van der Waals surface area contributed by atoms with Crippen LogP contribution in [0.3, 0.4) is 0 Å². The zero-order chi connectivity index (χ0) is 24.7. The fourth-order valence-corrected chi connectivity index (χ4v) is 6.33. The van der Waals surface area contributed by atoms with Gasteiger partial charge in [0, 0.05) is 45.4 Å². The lowest BCUT2D eigenvalue weighted by Crippen LogP contribution is -2.62. The average Bonchev–Trinajstić information content (AvgIpc) is 2.61. The molecule has 0 aliphatic carbocycles. The molecule has 1 aromatic carbocycles. The predicted octanol–water partition coefficient (Wildman–Crippen LogP) is 3.81. The lowest BCUT2D eigenvalue weighted by atomic mass is 9.79. The molecular weight excluding hydrogens is 412 g/mol. The van der Waals surface area contributed by atoms with E-state index in [9.17, 15) is 9.59 Å². The van der Waals surface area contributed by atoms with Crippen LogP contribution in [0.1, 0.15) is 102 Å². The van der Waals surface area contributed by atoms with Crippen LogP contribution in [0.5, 0.6) is 0 Å². The summed E-state index contributed by atoms with van der Waals surface area (Å²) in [6.07, 6.45) is 3.67. The van der Waals surface area contributed by atoms with Gasteiger partial charge in [-0.05, 0) is 93.2 Å². The van der Waals surface area contributed by atoms with Gasteiger partial charge in [0.15, 0.2) is 5.78 Å². The first-order valence-corrected chi connectivity index (χ1v) is 12.3. The number of carbonyl (C=O) groups is 2. The summed E-state index contributed by atoms with van der Waals surface area (Å²) in [6, 6.07) is 7.49. The molecule has 0 bridgehead atoms. The summed E-state index contributed by atoms with van der Waals surface area (Å²) in [5, 5.41) is 14.0. The summed E-state index contributed by atoms with van der Waals surface area (Å²) in [4.78, 5) is 25.9. The predicted molar refractivity (Wildman–Crippen MR) is 135 cm³/mol. The van der Waals surface area contributed by atoms with Gasteiger partial charge in [-0.2, -0.15) is 0 Å². The minimum absolute atomic E-state index is 0.0166. The van der Waals surface area contributed by atoms with Crippen molar-refractivity contribution in [2.24, 2.45) is 0 Å². The maximum Gasteiger partial charge on any atom is 0.251 e. The zero-order valence-electron chi connectivity index (χ0n) is 21.8. The fraction of sp³-hybridized carbons (Fsp3) is 0.704. The Morgan fingerprint density at radius 3 is 1.76 bits per heavy atom. The highest BCUT2D eigenvalue weighted by Crippen LogP contribution is 2.29. The molecule has 33 heavy (non-hydrogen) atoms. The molecule has 3 rings (SSSR count). The number of ketones is 1. The zero-order valence-corrected chi connectivity index (χ0v) is 21.8. The third-order valence-corrected chi connectivity index (χ3v) is 6.71. The molecule has 1 amide bonds. The van der Waals surface area contributed by atoms with Gasteiger partial charge in [-0.1, -0.05) is 12.1 Å². The number of hydrogen-bond acceptors (Lipinski definition) is 5. The number of nitrogens with one attached hydrogen (secondary N) is 4. The van der Waals surface area contributed by atoms with E-state index >= 15 is 0 Å². The maximum absolute atomic E-state index is 13.0. The third-order valence-electron chi connectivity index (χ3n) is 6.71. The monoisotopic (exact) mass is 456 g/mol. The van der Waals surface area contributed by atoms with Crippen molar-refractivity contribution < 1.29 is 9.59 Å². The minimum atomic E-state index is -0.113. The third kappa shape index (κ3) is 7.36. The van der Waals surface area contributed by atoms with E-state index in [-0.39, 0.29) is 52.5 Å². The highest BCUT2D eigenvalue weighted by atomic mass is 16.1. The van der Waals surface area contributed by atoms with Gasteiger partial charge in [-0.25, -0.2) is 0 Å². The van der Waals surface area contributed by atoms with Gasteiger partial charge in [0.1, 0.15) is 0 Å². The maximum atomic E-state index is 13.0. The normalized spacial score (nSPS) is 24.2. The molecule has 0 saturated carbocycles. The molecule has 0 atom stereocenters. The van der Waals surface area contributed by atoms with Crippen LogP contribution in [0.4, 0.5) is 0 Å². The van der Waals surface area contributed by atoms with Crippen molar-refractivity contribution in [3.8, 4) is 0 Å². The van der Waals surface area contributed by atoms with Crippen molar-refractivity contribution in [2.75, 3.05) is 6.54 Å². The van der Waals surface area contributed by atoms with E-state index in [1.165, 1.54) is 0 Å². The Bertz CT molecular complexity index is 856. The largest absolute Gasteiger partial charge is 0.349 e.